The fourth-order valence-electron chi connectivity index (χ4n) is 4.12. The number of rotatable bonds is 7. The molecule has 2 heterocycles. The van der Waals surface area contributed by atoms with E-state index in [-0.39, 0.29) is 17.9 Å². The van der Waals surface area contributed by atoms with Crippen molar-refractivity contribution in [2.75, 3.05) is 53.1 Å². The summed E-state index contributed by atoms with van der Waals surface area (Å²) in [4.78, 5) is 17.1. The minimum atomic E-state index is -3.22. The van der Waals surface area contributed by atoms with Gasteiger partial charge in [0, 0.05) is 44.1 Å². The SMILES string of the molecule is CC(C)N1CCC(CC(=O)N[C@@H]2CN(S(C)(=O)=O)C[C@H]2CN(C)C)CC1. The van der Waals surface area contributed by atoms with Gasteiger partial charge in [0.2, 0.25) is 15.9 Å². The number of sulfonamides is 1. The van der Waals surface area contributed by atoms with Gasteiger partial charge in [-0.25, -0.2) is 8.42 Å². The molecule has 1 amide bonds. The molecule has 2 saturated heterocycles. The molecule has 0 bridgehead atoms. The average molecular weight is 389 g/mol. The van der Waals surface area contributed by atoms with Gasteiger partial charge in [-0.2, -0.15) is 4.31 Å². The normalized spacial score (nSPS) is 26.7. The van der Waals surface area contributed by atoms with Crippen molar-refractivity contribution in [3.05, 3.63) is 0 Å². The van der Waals surface area contributed by atoms with E-state index >= 15 is 0 Å². The molecule has 0 aliphatic carbocycles. The molecule has 2 fully saturated rings. The van der Waals surface area contributed by atoms with Crippen LogP contribution in [0.15, 0.2) is 0 Å². The van der Waals surface area contributed by atoms with E-state index < -0.39 is 10.0 Å². The van der Waals surface area contributed by atoms with Crippen LogP contribution in [-0.2, 0) is 14.8 Å². The molecule has 0 unspecified atom stereocenters. The summed E-state index contributed by atoms with van der Waals surface area (Å²) in [6.07, 6.45) is 3.92. The third kappa shape index (κ3) is 6.18. The van der Waals surface area contributed by atoms with Crippen LogP contribution in [0.25, 0.3) is 0 Å². The van der Waals surface area contributed by atoms with Gasteiger partial charge in [-0.15, -0.1) is 0 Å². The molecule has 2 aliphatic rings. The molecular formula is C18H36N4O3S. The maximum Gasteiger partial charge on any atom is 0.220 e. The first kappa shape index (κ1) is 21.6. The van der Waals surface area contributed by atoms with Crippen molar-refractivity contribution in [2.45, 2.75) is 45.2 Å². The fourth-order valence-corrected chi connectivity index (χ4v) is 5.02. The molecule has 26 heavy (non-hydrogen) atoms. The van der Waals surface area contributed by atoms with Crippen molar-refractivity contribution in [1.82, 2.24) is 19.4 Å². The summed E-state index contributed by atoms with van der Waals surface area (Å²) in [6.45, 7) is 8.18. The molecule has 2 rings (SSSR count). The number of nitrogens with zero attached hydrogens (tertiary/aromatic N) is 3. The minimum absolute atomic E-state index is 0.0668. The highest BCUT2D eigenvalue weighted by molar-refractivity contribution is 7.88. The molecule has 0 saturated carbocycles. The highest BCUT2D eigenvalue weighted by atomic mass is 32.2. The monoisotopic (exact) mass is 388 g/mol. The van der Waals surface area contributed by atoms with Crippen LogP contribution in [0, 0.1) is 11.8 Å². The van der Waals surface area contributed by atoms with Crippen molar-refractivity contribution >= 4 is 15.9 Å². The Bertz CT molecular complexity index is 571. The van der Waals surface area contributed by atoms with Gasteiger partial charge in [0.15, 0.2) is 0 Å². The molecular weight excluding hydrogens is 352 g/mol. The highest BCUT2D eigenvalue weighted by Gasteiger charge is 2.38. The standard InChI is InChI=1S/C18H36N4O3S/c1-14(2)21-8-6-15(7-9-21)10-18(23)19-17-13-22(26(5,24)25)12-16(17)11-20(3)4/h14-17H,6-13H2,1-5H3,(H,19,23)/t16-,17-/m1/s1. The van der Waals surface area contributed by atoms with E-state index in [1.54, 1.807) is 0 Å². The Kier molecular flexibility index (Phi) is 7.47. The Labute approximate surface area is 159 Å². The van der Waals surface area contributed by atoms with Crippen molar-refractivity contribution in [1.29, 1.82) is 0 Å². The maximum absolute atomic E-state index is 12.6. The van der Waals surface area contributed by atoms with Gasteiger partial charge in [0.1, 0.15) is 0 Å². The van der Waals surface area contributed by atoms with Crippen molar-refractivity contribution in [3.8, 4) is 0 Å². The topological polar surface area (TPSA) is 73.0 Å². The van der Waals surface area contributed by atoms with Gasteiger partial charge >= 0.3 is 0 Å². The molecule has 0 radical (unpaired) electrons. The second-order valence-corrected chi connectivity index (χ2v) is 10.5. The maximum atomic E-state index is 12.6. The zero-order chi connectivity index (χ0) is 19.5. The molecule has 0 aromatic carbocycles. The van der Waals surface area contributed by atoms with Crippen LogP contribution in [0.5, 0.6) is 0 Å². The van der Waals surface area contributed by atoms with Crippen LogP contribution in [0.1, 0.15) is 33.1 Å². The van der Waals surface area contributed by atoms with Gasteiger partial charge in [0.05, 0.1) is 6.26 Å². The lowest BCUT2D eigenvalue weighted by Gasteiger charge is -2.34. The summed E-state index contributed by atoms with van der Waals surface area (Å²) in [5.74, 6) is 0.633. The number of hydrogen-bond acceptors (Lipinski definition) is 5. The van der Waals surface area contributed by atoms with Gasteiger partial charge < -0.3 is 15.1 Å². The Balaban J connectivity index is 1.87. The van der Waals surface area contributed by atoms with Crippen LogP contribution in [0.4, 0.5) is 0 Å². The Morgan fingerprint density at radius 1 is 1.19 bits per heavy atom. The molecule has 2 aliphatic heterocycles. The smallest absolute Gasteiger partial charge is 0.220 e. The lowest BCUT2D eigenvalue weighted by molar-refractivity contribution is -0.123. The van der Waals surface area contributed by atoms with E-state index in [4.69, 9.17) is 0 Å². The number of nitrogens with one attached hydrogen (secondary N) is 1. The Hall–Kier alpha value is -0.700. The van der Waals surface area contributed by atoms with Crippen molar-refractivity contribution in [3.63, 3.8) is 0 Å². The van der Waals surface area contributed by atoms with E-state index in [2.05, 4.69) is 29.0 Å². The fraction of sp³-hybridized carbons (Fsp3) is 0.944. The molecule has 1 N–H and O–H groups in total. The average Bonchev–Trinajstić information content (AvgIpc) is 2.89. The van der Waals surface area contributed by atoms with E-state index in [1.165, 1.54) is 10.6 Å². The molecule has 0 aromatic rings. The van der Waals surface area contributed by atoms with Gasteiger partial charge in [-0.3, -0.25) is 4.79 Å². The largest absolute Gasteiger partial charge is 0.352 e. The molecule has 0 spiro atoms. The third-order valence-corrected chi connectivity index (χ3v) is 6.91. The van der Waals surface area contributed by atoms with Crippen molar-refractivity contribution < 1.29 is 13.2 Å². The van der Waals surface area contributed by atoms with Gasteiger partial charge in [-0.1, -0.05) is 0 Å². The summed E-state index contributed by atoms with van der Waals surface area (Å²) >= 11 is 0. The second-order valence-electron chi connectivity index (χ2n) is 8.55. The predicted molar refractivity (Wildman–Crippen MR) is 104 cm³/mol. The molecule has 7 nitrogen and oxygen atoms in total. The summed E-state index contributed by atoms with van der Waals surface area (Å²) < 4.78 is 25.3. The zero-order valence-corrected chi connectivity index (χ0v) is 17.8. The molecule has 2 atom stereocenters. The first-order valence-corrected chi connectivity index (χ1v) is 11.5. The van der Waals surface area contributed by atoms with Crippen LogP contribution in [-0.4, -0.2) is 93.6 Å². The van der Waals surface area contributed by atoms with Crippen LogP contribution in [0.2, 0.25) is 0 Å². The molecule has 0 aromatic heterocycles. The summed E-state index contributed by atoms with van der Waals surface area (Å²) in [5.41, 5.74) is 0. The summed E-state index contributed by atoms with van der Waals surface area (Å²) in [5, 5.41) is 3.13. The number of likely N-dealkylation sites (tertiary alicyclic amines) is 1. The number of piperidine rings is 1. The third-order valence-electron chi connectivity index (χ3n) is 5.68. The van der Waals surface area contributed by atoms with E-state index in [1.807, 2.05) is 14.1 Å². The van der Waals surface area contributed by atoms with E-state index in [0.29, 0.717) is 31.5 Å². The lowest BCUT2D eigenvalue weighted by atomic mass is 9.92. The van der Waals surface area contributed by atoms with Gasteiger partial charge in [0.25, 0.3) is 0 Å². The zero-order valence-electron chi connectivity index (χ0n) is 16.9. The van der Waals surface area contributed by atoms with E-state index in [9.17, 15) is 13.2 Å². The molecule has 152 valence electrons. The quantitative estimate of drug-likeness (QED) is 0.685. The predicted octanol–water partition coefficient (Wildman–Crippen LogP) is 0.435. The first-order chi connectivity index (χ1) is 12.1. The summed E-state index contributed by atoms with van der Waals surface area (Å²) in [6, 6.07) is 0.465. The number of amides is 1. The number of carbonyl (C=O) groups is 1. The highest BCUT2D eigenvalue weighted by Crippen LogP contribution is 2.24. The number of carbonyl (C=O) groups excluding carboxylic acids is 1. The lowest BCUT2D eigenvalue weighted by Crippen LogP contribution is -2.45. The minimum Gasteiger partial charge on any atom is -0.352 e. The number of hydrogen-bond donors (Lipinski definition) is 1. The van der Waals surface area contributed by atoms with E-state index in [0.717, 1.165) is 32.5 Å². The first-order valence-electron chi connectivity index (χ1n) is 9.69. The summed E-state index contributed by atoms with van der Waals surface area (Å²) in [7, 11) is 0.730. The van der Waals surface area contributed by atoms with Crippen LogP contribution < -0.4 is 5.32 Å². The van der Waals surface area contributed by atoms with Crippen LogP contribution >= 0.6 is 0 Å². The molecule has 8 heteroatoms. The Morgan fingerprint density at radius 3 is 2.31 bits per heavy atom. The van der Waals surface area contributed by atoms with Gasteiger partial charge in [-0.05, 0) is 59.8 Å². The van der Waals surface area contributed by atoms with Crippen molar-refractivity contribution in [2.24, 2.45) is 11.8 Å². The Morgan fingerprint density at radius 2 is 1.81 bits per heavy atom. The van der Waals surface area contributed by atoms with Crippen LogP contribution in [0.3, 0.4) is 0 Å². The second kappa shape index (κ2) is 8.99.